The summed E-state index contributed by atoms with van der Waals surface area (Å²) < 4.78 is 5.06. The van der Waals surface area contributed by atoms with Gasteiger partial charge in [-0.2, -0.15) is 0 Å². The zero-order chi connectivity index (χ0) is 12.1. The number of carbonyl (C=O) groups excluding carboxylic acids is 1. The molecule has 0 saturated carbocycles. The molecule has 0 fully saturated rings. The van der Waals surface area contributed by atoms with Gasteiger partial charge in [0.25, 0.3) is 0 Å². The molecule has 0 aromatic heterocycles. The predicted molar refractivity (Wildman–Crippen MR) is 56.4 cm³/mol. The minimum atomic E-state index is -0.850. The summed E-state index contributed by atoms with van der Waals surface area (Å²) in [5.74, 6) is -0.407. The number of ether oxygens (including phenoxy) is 1. The van der Waals surface area contributed by atoms with Crippen molar-refractivity contribution in [3.8, 4) is 0 Å². The van der Waals surface area contributed by atoms with Gasteiger partial charge in [0, 0.05) is 0 Å². The van der Waals surface area contributed by atoms with Crippen LogP contribution in [0.2, 0.25) is 0 Å². The Bertz CT molecular complexity index is 206. The van der Waals surface area contributed by atoms with Gasteiger partial charge in [-0.25, -0.2) is 0 Å². The van der Waals surface area contributed by atoms with Crippen molar-refractivity contribution in [1.82, 2.24) is 5.32 Å². The number of hydrogen-bond donors (Lipinski definition) is 3. The molecule has 90 valence electrons. The molecule has 0 aromatic carbocycles. The van der Waals surface area contributed by atoms with Gasteiger partial charge in [-0.1, -0.05) is 0 Å². The first-order valence-electron chi connectivity index (χ1n) is 4.91. The topological polar surface area (TPSA) is 78.8 Å². The fourth-order valence-corrected chi connectivity index (χ4v) is 0.825. The maximum absolute atomic E-state index is 11.3. The lowest BCUT2D eigenvalue weighted by atomic mass is 10.1. The SMILES string of the molecule is CC(CO)(CO)NCC(=O)OC(C)(C)C. The fourth-order valence-electron chi connectivity index (χ4n) is 0.825. The van der Waals surface area contributed by atoms with Gasteiger partial charge < -0.3 is 14.9 Å². The molecule has 0 aromatic rings. The van der Waals surface area contributed by atoms with Crippen LogP contribution >= 0.6 is 0 Å². The first-order chi connectivity index (χ1) is 6.72. The minimum Gasteiger partial charge on any atom is -0.459 e. The van der Waals surface area contributed by atoms with Crippen LogP contribution < -0.4 is 5.32 Å². The van der Waals surface area contributed by atoms with Crippen molar-refractivity contribution in [1.29, 1.82) is 0 Å². The molecule has 0 spiro atoms. The van der Waals surface area contributed by atoms with Crippen LogP contribution in [0, 0.1) is 0 Å². The third-order valence-corrected chi connectivity index (χ3v) is 1.78. The van der Waals surface area contributed by atoms with E-state index in [4.69, 9.17) is 14.9 Å². The normalized spacial score (nSPS) is 12.7. The summed E-state index contributed by atoms with van der Waals surface area (Å²) in [6, 6.07) is 0. The number of aliphatic hydroxyl groups is 2. The second-order valence-electron chi connectivity index (χ2n) is 4.82. The van der Waals surface area contributed by atoms with Crippen LogP contribution in [-0.4, -0.2) is 47.1 Å². The number of esters is 1. The Labute approximate surface area is 90.4 Å². The van der Waals surface area contributed by atoms with Crippen LogP contribution in [0.1, 0.15) is 27.7 Å². The summed E-state index contributed by atoms with van der Waals surface area (Å²) in [4.78, 5) is 11.3. The minimum absolute atomic E-state index is 0.0328. The molecule has 5 heteroatoms. The smallest absolute Gasteiger partial charge is 0.320 e. The van der Waals surface area contributed by atoms with Gasteiger partial charge in [0.15, 0.2) is 0 Å². The molecular formula is C10H21NO4. The van der Waals surface area contributed by atoms with E-state index in [1.54, 1.807) is 27.7 Å². The Balaban J connectivity index is 4.00. The van der Waals surface area contributed by atoms with Crippen molar-refractivity contribution in [2.24, 2.45) is 0 Å². The Morgan fingerprint density at radius 2 is 1.67 bits per heavy atom. The molecule has 15 heavy (non-hydrogen) atoms. The highest BCUT2D eigenvalue weighted by Gasteiger charge is 2.24. The van der Waals surface area contributed by atoms with Gasteiger partial charge in [-0.3, -0.25) is 10.1 Å². The van der Waals surface area contributed by atoms with Gasteiger partial charge in [0.2, 0.25) is 0 Å². The van der Waals surface area contributed by atoms with Crippen molar-refractivity contribution >= 4 is 5.97 Å². The number of nitrogens with one attached hydrogen (secondary N) is 1. The molecule has 0 rings (SSSR count). The molecule has 0 amide bonds. The first-order valence-corrected chi connectivity index (χ1v) is 4.91. The molecule has 0 aliphatic rings. The highest BCUT2D eigenvalue weighted by molar-refractivity contribution is 5.72. The van der Waals surface area contributed by atoms with E-state index in [2.05, 4.69) is 5.32 Å². The van der Waals surface area contributed by atoms with E-state index in [-0.39, 0.29) is 19.8 Å². The number of rotatable bonds is 5. The monoisotopic (exact) mass is 219 g/mol. The van der Waals surface area contributed by atoms with Gasteiger partial charge >= 0.3 is 5.97 Å². The zero-order valence-corrected chi connectivity index (χ0v) is 9.83. The van der Waals surface area contributed by atoms with E-state index in [1.807, 2.05) is 0 Å². The second kappa shape index (κ2) is 5.44. The molecule has 5 nitrogen and oxygen atoms in total. The summed E-state index contributed by atoms with van der Waals surface area (Å²) in [5.41, 5.74) is -1.37. The second-order valence-corrected chi connectivity index (χ2v) is 4.82. The molecule has 0 aliphatic heterocycles. The molecule has 0 atom stereocenters. The fraction of sp³-hybridized carbons (Fsp3) is 0.900. The van der Waals surface area contributed by atoms with Crippen molar-refractivity contribution in [2.75, 3.05) is 19.8 Å². The lowest BCUT2D eigenvalue weighted by Crippen LogP contribution is -2.51. The molecule has 0 bridgehead atoms. The number of carbonyl (C=O) groups is 1. The average molecular weight is 219 g/mol. The third kappa shape index (κ3) is 6.43. The van der Waals surface area contributed by atoms with E-state index >= 15 is 0 Å². The summed E-state index contributed by atoms with van der Waals surface area (Å²) in [5, 5.41) is 20.7. The van der Waals surface area contributed by atoms with Crippen molar-refractivity contribution in [3.63, 3.8) is 0 Å². The van der Waals surface area contributed by atoms with E-state index in [9.17, 15) is 4.79 Å². The Kier molecular flexibility index (Phi) is 5.20. The van der Waals surface area contributed by atoms with Crippen LogP contribution in [0.5, 0.6) is 0 Å². The van der Waals surface area contributed by atoms with Crippen LogP contribution in [0.25, 0.3) is 0 Å². The third-order valence-electron chi connectivity index (χ3n) is 1.78. The zero-order valence-electron chi connectivity index (χ0n) is 9.83. The maximum Gasteiger partial charge on any atom is 0.320 e. The summed E-state index contributed by atoms with van der Waals surface area (Å²) in [7, 11) is 0. The van der Waals surface area contributed by atoms with E-state index in [0.29, 0.717) is 0 Å². The van der Waals surface area contributed by atoms with Crippen LogP contribution in [0.4, 0.5) is 0 Å². The molecular weight excluding hydrogens is 198 g/mol. The summed E-state index contributed by atoms with van der Waals surface area (Å²) >= 11 is 0. The van der Waals surface area contributed by atoms with Gasteiger partial charge in [-0.15, -0.1) is 0 Å². The molecule has 0 radical (unpaired) electrons. The number of hydrogen-bond acceptors (Lipinski definition) is 5. The van der Waals surface area contributed by atoms with E-state index in [0.717, 1.165) is 0 Å². The number of aliphatic hydroxyl groups excluding tert-OH is 2. The lowest BCUT2D eigenvalue weighted by Gasteiger charge is -2.27. The predicted octanol–water partition coefficient (Wildman–Crippen LogP) is -0.339. The van der Waals surface area contributed by atoms with E-state index < -0.39 is 17.1 Å². The summed E-state index contributed by atoms with van der Waals surface area (Å²) in [6.07, 6.45) is 0. The van der Waals surface area contributed by atoms with Crippen molar-refractivity contribution < 1.29 is 19.7 Å². The standard InChI is InChI=1S/C10H21NO4/c1-9(2,3)15-8(14)5-11-10(4,6-12)7-13/h11-13H,5-7H2,1-4H3. The maximum atomic E-state index is 11.3. The Hall–Kier alpha value is -0.650. The van der Waals surface area contributed by atoms with Crippen molar-refractivity contribution in [2.45, 2.75) is 38.8 Å². The molecule has 0 heterocycles. The lowest BCUT2D eigenvalue weighted by molar-refractivity contribution is -0.154. The molecule has 3 N–H and O–H groups in total. The van der Waals surface area contributed by atoms with Gasteiger partial charge in [0.05, 0.1) is 25.3 Å². The first kappa shape index (κ1) is 14.3. The van der Waals surface area contributed by atoms with Gasteiger partial charge in [0.1, 0.15) is 5.60 Å². The molecule has 0 aliphatic carbocycles. The Morgan fingerprint density at radius 3 is 2.00 bits per heavy atom. The van der Waals surface area contributed by atoms with Crippen LogP contribution in [0.3, 0.4) is 0 Å². The van der Waals surface area contributed by atoms with Crippen LogP contribution in [-0.2, 0) is 9.53 Å². The Morgan fingerprint density at radius 1 is 1.20 bits per heavy atom. The largest absolute Gasteiger partial charge is 0.459 e. The van der Waals surface area contributed by atoms with E-state index in [1.165, 1.54) is 0 Å². The van der Waals surface area contributed by atoms with Crippen LogP contribution in [0.15, 0.2) is 0 Å². The molecule has 0 unspecified atom stereocenters. The van der Waals surface area contributed by atoms with Crippen molar-refractivity contribution in [3.05, 3.63) is 0 Å². The molecule has 0 saturated heterocycles. The van der Waals surface area contributed by atoms with Gasteiger partial charge in [-0.05, 0) is 27.7 Å². The highest BCUT2D eigenvalue weighted by Crippen LogP contribution is 2.07. The quantitative estimate of drug-likeness (QED) is 0.551. The summed E-state index contributed by atoms with van der Waals surface area (Å²) in [6.45, 7) is 6.44. The average Bonchev–Trinajstić information content (AvgIpc) is 2.12. The highest BCUT2D eigenvalue weighted by atomic mass is 16.6.